The Morgan fingerprint density at radius 2 is 1.67 bits per heavy atom. The molecule has 0 fully saturated rings. The summed E-state index contributed by atoms with van der Waals surface area (Å²) in [7, 11) is 0. The molecule has 1 unspecified atom stereocenters. The molecule has 8 heteroatoms. The van der Waals surface area contributed by atoms with Crippen molar-refractivity contribution in [1.82, 2.24) is 0 Å². The van der Waals surface area contributed by atoms with Gasteiger partial charge in [0.25, 0.3) is 5.97 Å². The monoisotopic (exact) mass is 306 g/mol. The minimum absolute atomic E-state index is 0.0461. The van der Waals surface area contributed by atoms with Crippen LogP contribution in [0.2, 0.25) is 0 Å². The van der Waals surface area contributed by atoms with Crippen LogP contribution in [0.4, 0.5) is 0 Å². The van der Waals surface area contributed by atoms with Gasteiger partial charge in [0.1, 0.15) is 0 Å². The van der Waals surface area contributed by atoms with Gasteiger partial charge in [-0.05, 0) is 32.2 Å². The molecule has 0 spiro atoms. The predicted octanol–water partition coefficient (Wildman–Crippen LogP) is 0.332. The number of rotatable bonds is 9. The van der Waals surface area contributed by atoms with Crippen molar-refractivity contribution in [1.29, 1.82) is 0 Å². The lowest BCUT2D eigenvalue weighted by atomic mass is 9.94. The van der Waals surface area contributed by atoms with E-state index >= 15 is 0 Å². The Balaban J connectivity index is 0. The van der Waals surface area contributed by atoms with Crippen LogP contribution >= 0.6 is 0 Å². The zero-order valence-corrected chi connectivity index (χ0v) is 12.6. The second-order valence-electron chi connectivity index (χ2n) is 4.53. The molecule has 124 valence electrons. The van der Waals surface area contributed by atoms with Gasteiger partial charge in [-0.3, -0.25) is 4.79 Å². The summed E-state index contributed by atoms with van der Waals surface area (Å²) >= 11 is 0. The summed E-state index contributed by atoms with van der Waals surface area (Å²) in [6, 6.07) is 0. The van der Waals surface area contributed by atoms with E-state index in [0.717, 1.165) is 13.3 Å². The second-order valence-corrected chi connectivity index (χ2v) is 4.53. The summed E-state index contributed by atoms with van der Waals surface area (Å²) in [5.41, 5.74) is 8.95. The predicted molar refractivity (Wildman–Crippen MR) is 76.6 cm³/mol. The lowest BCUT2D eigenvalue weighted by molar-refractivity contribution is -0.161. The Labute approximate surface area is 124 Å². The molecule has 0 rings (SSSR count). The average molecular weight is 306 g/mol. The van der Waals surface area contributed by atoms with E-state index in [9.17, 15) is 9.59 Å². The first-order valence-electron chi connectivity index (χ1n) is 6.81. The molecule has 6 N–H and O–H groups in total. The number of nitrogens with two attached hydrogens (primary N) is 2. The fourth-order valence-corrected chi connectivity index (χ4v) is 1.28. The van der Waals surface area contributed by atoms with E-state index in [1.165, 1.54) is 0 Å². The van der Waals surface area contributed by atoms with E-state index in [1.807, 2.05) is 6.92 Å². The summed E-state index contributed by atoms with van der Waals surface area (Å²) in [5, 5.41) is 16.4. The first kappa shape index (κ1) is 21.6. The molecule has 0 bridgehead atoms. The molecule has 0 aromatic rings. The number of hydrogen-bond acceptors (Lipinski definition) is 6. The third kappa shape index (κ3) is 10.7. The third-order valence-electron chi connectivity index (χ3n) is 2.50. The normalized spacial score (nSPS) is 12.6. The Bertz CT molecular complexity index is 331. The molecule has 0 saturated heterocycles. The van der Waals surface area contributed by atoms with Crippen LogP contribution < -0.4 is 11.5 Å². The van der Waals surface area contributed by atoms with Crippen LogP contribution in [0.15, 0.2) is 0 Å². The van der Waals surface area contributed by atoms with Crippen molar-refractivity contribution < 1.29 is 29.3 Å². The number of hydrogen-bond donors (Lipinski definition) is 4. The number of esters is 1. The van der Waals surface area contributed by atoms with Gasteiger partial charge < -0.3 is 26.4 Å². The van der Waals surface area contributed by atoms with Gasteiger partial charge in [0.2, 0.25) is 5.54 Å². The Kier molecular flexibility index (Phi) is 12.5. The zero-order chi connectivity index (χ0) is 16.9. The fraction of sp³-hybridized carbons (Fsp3) is 0.769. The zero-order valence-electron chi connectivity index (χ0n) is 12.6. The van der Waals surface area contributed by atoms with Gasteiger partial charge in [0, 0.05) is 6.92 Å². The molecule has 0 saturated carbocycles. The van der Waals surface area contributed by atoms with Gasteiger partial charge in [0.15, 0.2) is 0 Å². The van der Waals surface area contributed by atoms with Crippen LogP contribution in [0.1, 0.15) is 46.0 Å². The standard InChI is InChI=1S/C11H22N2O4.C2H4O2/c1-2-3-8-17-10(16)11(13,9(14)15)6-4-5-7-12;1-2(3)4/h2-8,12-13H2,1H3,(H,14,15);1H3,(H,3,4). The number of carbonyl (C=O) groups is 3. The van der Waals surface area contributed by atoms with E-state index in [0.29, 0.717) is 25.8 Å². The van der Waals surface area contributed by atoms with E-state index in [2.05, 4.69) is 0 Å². The van der Waals surface area contributed by atoms with Crippen molar-refractivity contribution in [2.75, 3.05) is 13.2 Å². The number of carboxylic acid groups (broad SMARTS) is 2. The van der Waals surface area contributed by atoms with E-state index in [4.69, 9.17) is 31.2 Å². The molecule has 0 aliphatic carbocycles. The highest BCUT2D eigenvalue weighted by molar-refractivity contribution is 6.03. The lowest BCUT2D eigenvalue weighted by Gasteiger charge is -2.22. The van der Waals surface area contributed by atoms with Crippen LogP contribution in [0.25, 0.3) is 0 Å². The summed E-state index contributed by atoms with van der Waals surface area (Å²) in [4.78, 5) is 31.6. The molecule has 8 nitrogen and oxygen atoms in total. The highest BCUT2D eigenvalue weighted by Gasteiger charge is 2.43. The van der Waals surface area contributed by atoms with Crippen LogP contribution in [0.3, 0.4) is 0 Å². The van der Waals surface area contributed by atoms with Gasteiger partial charge in [-0.15, -0.1) is 0 Å². The quantitative estimate of drug-likeness (QED) is 0.270. The van der Waals surface area contributed by atoms with Crippen molar-refractivity contribution in [2.24, 2.45) is 11.5 Å². The maximum Gasteiger partial charge on any atom is 0.337 e. The third-order valence-corrected chi connectivity index (χ3v) is 2.50. The molecule has 0 aliphatic heterocycles. The van der Waals surface area contributed by atoms with Gasteiger partial charge in [-0.2, -0.15) is 0 Å². The molecular weight excluding hydrogens is 280 g/mol. The van der Waals surface area contributed by atoms with E-state index in [-0.39, 0.29) is 13.0 Å². The van der Waals surface area contributed by atoms with Gasteiger partial charge in [0.05, 0.1) is 6.61 Å². The maximum atomic E-state index is 11.6. The lowest BCUT2D eigenvalue weighted by Crippen LogP contribution is -2.55. The van der Waals surface area contributed by atoms with Crippen molar-refractivity contribution in [3.8, 4) is 0 Å². The number of aliphatic carboxylic acids is 2. The first-order valence-corrected chi connectivity index (χ1v) is 6.81. The number of carboxylic acids is 2. The highest BCUT2D eigenvalue weighted by atomic mass is 16.5. The molecule has 0 aromatic carbocycles. The SMILES string of the molecule is CC(=O)O.CCCCOC(=O)C(N)(CCCCN)C(=O)O. The smallest absolute Gasteiger partial charge is 0.337 e. The Morgan fingerprint density at radius 1 is 1.14 bits per heavy atom. The summed E-state index contributed by atoms with van der Waals surface area (Å²) in [5.74, 6) is -3.05. The van der Waals surface area contributed by atoms with Crippen LogP contribution in [0, 0.1) is 0 Å². The van der Waals surface area contributed by atoms with E-state index in [1.54, 1.807) is 0 Å². The molecule has 0 amide bonds. The van der Waals surface area contributed by atoms with Crippen LogP contribution in [-0.4, -0.2) is 46.8 Å². The number of ether oxygens (including phenoxy) is 1. The Morgan fingerprint density at radius 3 is 2.05 bits per heavy atom. The fourth-order valence-electron chi connectivity index (χ4n) is 1.28. The molecule has 0 aromatic heterocycles. The summed E-state index contributed by atoms with van der Waals surface area (Å²) in [6.07, 6.45) is 2.73. The minimum Gasteiger partial charge on any atom is -0.481 e. The summed E-state index contributed by atoms with van der Waals surface area (Å²) in [6.45, 7) is 3.68. The molecule has 21 heavy (non-hydrogen) atoms. The van der Waals surface area contributed by atoms with Gasteiger partial charge >= 0.3 is 11.9 Å². The molecule has 0 heterocycles. The number of unbranched alkanes of at least 4 members (excludes halogenated alkanes) is 2. The second kappa shape index (κ2) is 12.1. The molecular formula is C13H26N2O6. The van der Waals surface area contributed by atoms with Crippen LogP contribution in [0.5, 0.6) is 0 Å². The number of carbonyl (C=O) groups excluding carboxylic acids is 1. The van der Waals surface area contributed by atoms with Crippen molar-refractivity contribution >= 4 is 17.9 Å². The maximum absolute atomic E-state index is 11.6. The molecule has 1 atom stereocenters. The Hall–Kier alpha value is -1.67. The van der Waals surface area contributed by atoms with Gasteiger partial charge in [-0.1, -0.05) is 13.3 Å². The van der Waals surface area contributed by atoms with E-state index < -0.39 is 23.4 Å². The van der Waals surface area contributed by atoms with Gasteiger partial charge in [-0.25, -0.2) is 9.59 Å². The molecule has 0 radical (unpaired) electrons. The minimum atomic E-state index is -1.94. The largest absolute Gasteiger partial charge is 0.481 e. The summed E-state index contributed by atoms with van der Waals surface area (Å²) < 4.78 is 4.86. The topological polar surface area (TPSA) is 153 Å². The van der Waals surface area contributed by atoms with Crippen LogP contribution in [-0.2, 0) is 19.1 Å². The van der Waals surface area contributed by atoms with Crippen molar-refractivity contribution in [3.05, 3.63) is 0 Å². The van der Waals surface area contributed by atoms with Crippen molar-refractivity contribution in [2.45, 2.75) is 51.5 Å². The highest BCUT2D eigenvalue weighted by Crippen LogP contribution is 2.14. The first-order chi connectivity index (χ1) is 9.72. The van der Waals surface area contributed by atoms with Crippen molar-refractivity contribution in [3.63, 3.8) is 0 Å². The molecule has 0 aliphatic rings. The average Bonchev–Trinajstić information content (AvgIpc) is 2.38.